The highest BCUT2D eigenvalue weighted by molar-refractivity contribution is 6.45. The Morgan fingerprint density at radius 1 is 1.12 bits per heavy atom. The summed E-state index contributed by atoms with van der Waals surface area (Å²) >= 11 is 0. The van der Waals surface area contributed by atoms with Gasteiger partial charge in [-0.25, -0.2) is 9.69 Å². The summed E-state index contributed by atoms with van der Waals surface area (Å²) in [6, 6.07) is 7.13. The third-order valence-corrected chi connectivity index (χ3v) is 4.37. The smallest absolute Gasteiger partial charge is 0.325 e. The van der Waals surface area contributed by atoms with Crippen LogP contribution in [0.15, 0.2) is 24.3 Å². The number of carbonyl (C=O) groups is 4. The molecule has 1 aromatic carbocycles. The molecule has 8 heteroatoms. The molecule has 0 aromatic heterocycles. The first-order valence-electron chi connectivity index (χ1n) is 8.00. The monoisotopic (exact) mass is 340 g/mol. The van der Waals surface area contributed by atoms with Gasteiger partial charge < -0.3 is 5.32 Å². The highest BCUT2D eigenvalue weighted by Crippen LogP contribution is 2.27. The van der Waals surface area contributed by atoms with Gasteiger partial charge in [0.15, 0.2) is 0 Å². The zero-order chi connectivity index (χ0) is 18.0. The number of nitrogens with one attached hydrogen (secondary N) is 1. The van der Waals surface area contributed by atoms with Gasteiger partial charge in [0.2, 0.25) is 5.91 Å². The topological polar surface area (TPSA) is 111 Å². The minimum Gasteiger partial charge on any atom is -0.325 e. The zero-order valence-corrected chi connectivity index (χ0v) is 13.4. The fourth-order valence-electron chi connectivity index (χ4n) is 3.12. The van der Waals surface area contributed by atoms with Crippen molar-refractivity contribution in [2.75, 3.05) is 11.9 Å². The van der Waals surface area contributed by atoms with Crippen LogP contribution >= 0.6 is 0 Å². The number of imide groups is 2. The lowest BCUT2D eigenvalue weighted by Crippen LogP contribution is -2.41. The van der Waals surface area contributed by atoms with Gasteiger partial charge in [-0.3, -0.25) is 19.3 Å². The maximum Gasteiger partial charge on any atom is 0.334 e. The number of hydrogen-bond acceptors (Lipinski definition) is 5. The zero-order valence-electron chi connectivity index (χ0n) is 13.4. The molecule has 25 heavy (non-hydrogen) atoms. The predicted octanol–water partition coefficient (Wildman–Crippen LogP) is 1.23. The quantitative estimate of drug-likeness (QED) is 0.655. The summed E-state index contributed by atoms with van der Waals surface area (Å²) < 4.78 is 0. The van der Waals surface area contributed by atoms with Crippen molar-refractivity contribution < 1.29 is 19.2 Å². The van der Waals surface area contributed by atoms with Crippen LogP contribution in [0.1, 0.15) is 31.2 Å². The van der Waals surface area contributed by atoms with E-state index < -0.39 is 30.3 Å². The van der Waals surface area contributed by atoms with E-state index in [4.69, 9.17) is 5.26 Å². The average Bonchev–Trinajstić information content (AvgIpc) is 3.19. The summed E-state index contributed by atoms with van der Waals surface area (Å²) in [5.41, 5.74) is 0.878. The Kier molecular flexibility index (Phi) is 4.48. The third kappa shape index (κ3) is 3.21. The summed E-state index contributed by atoms with van der Waals surface area (Å²) in [7, 11) is 0. The Bertz CT molecular complexity index is 775. The van der Waals surface area contributed by atoms with Crippen LogP contribution in [0.2, 0.25) is 0 Å². The number of carbonyl (C=O) groups excluding carboxylic acids is 4. The van der Waals surface area contributed by atoms with Crippen LogP contribution in [0.25, 0.3) is 0 Å². The van der Waals surface area contributed by atoms with Crippen LogP contribution in [0.3, 0.4) is 0 Å². The highest BCUT2D eigenvalue weighted by atomic mass is 16.2. The summed E-state index contributed by atoms with van der Waals surface area (Å²) in [6.45, 7) is -0.521. The number of nitrogens with zero attached hydrogens (tertiary/aromatic N) is 3. The molecule has 0 bridgehead atoms. The number of hydrogen-bond donors (Lipinski definition) is 1. The van der Waals surface area contributed by atoms with E-state index in [0.717, 1.165) is 17.7 Å². The third-order valence-electron chi connectivity index (χ3n) is 4.37. The molecule has 1 saturated heterocycles. The van der Waals surface area contributed by atoms with E-state index in [0.29, 0.717) is 29.0 Å². The molecule has 0 unspecified atom stereocenters. The van der Waals surface area contributed by atoms with Crippen molar-refractivity contribution in [3.63, 3.8) is 0 Å². The van der Waals surface area contributed by atoms with Crippen molar-refractivity contribution >= 4 is 29.4 Å². The number of benzene rings is 1. The molecule has 8 nitrogen and oxygen atoms in total. The van der Waals surface area contributed by atoms with Crippen LogP contribution in [0.5, 0.6) is 0 Å². The molecule has 1 N–H and O–H groups in total. The fraction of sp³-hybridized carbons (Fsp3) is 0.353. The SMILES string of the molecule is N#Cc1ccc(NC(=O)CN2C(=O)C(=O)N(C3CCCC3)C2=O)cc1. The van der Waals surface area contributed by atoms with Gasteiger partial charge in [0.05, 0.1) is 11.6 Å². The van der Waals surface area contributed by atoms with Crippen LogP contribution in [0, 0.1) is 11.3 Å². The minimum absolute atomic E-state index is 0.254. The van der Waals surface area contributed by atoms with E-state index in [-0.39, 0.29) is 6.04 Å². The molecule has 1 aromatic rings. The minimum atomic E-state index is -0.966. The normalized spacial score (nSPS) is 18.0. The summed E-state index contributed by atoms with van der Waals surface area (Å²) in [5.74, 6) is -2.41. The molecule has 3 rings (SSSR count). The van der Waals surface area contributed by atoms with Gasteiger partial charge in [-0.05, 0) is 37.1 Å². The largest absolute Gasteiger partial charge is 0.334 e. The average molecular weight is 340 g/mol. The van der Waals surface area contributed by atoms with Gasteiger partial charge in [-0.15, -0.1) is 0 Å². The van der Waals surface area contributed by atoms with E-state index in [1.807, 2.05) is 6.07 Å². The number of urea groups is 1. The molecular weight excluding hydrogens is 324 g/mol. The van der Waals surface area contributed by atoms with Crippen molar-refractivity contribution in [3.8, 4) is 6.07 Å². The Labute approximate surface area is 144 Å². The van der Waals surface area contributed by atoms with Crippen molar-refractivity contribution in [2.24, 2.45) is 0 Å². The molecule has 2 fully saturated rings. The van der Waals surface area contributed by atoms with Crippen LogP contribution < -0.4 is 5.32 Å². The molecule has 2 aliphatic rings. The Morgan fingerprint density at radius 2 is 1.76 bits per heavy atom. The molecule has 0 radical (unpaired) electrons. The lowest BCUT2D eigenvalue weighted by Gasteiger charge is -2.20. The Morgan fingerprint density at radius 3 is 2.36 bits per heavy atom. The van der Waals surface area contributed by atoms with Gasteiger partial charge in [-0.1, -0.05) is 12.8 Å². The van der Waals surface area contributed by atoms with E-state index in [1.54, 1.807) is 12.1 Å². The second kappa shape index (κ2) is 6.73. The summed E-state index contributed by atoms with van der Waals surface area (Å²) in [4.78, 5) is 50.3. The van der Waals surface area contributed by atoms with Crippen molar-refractivity contribution in [2.45, 2.75) is 31.7 Å². The van der Waals surface area contributed by atoms with Crippen molar-refractivity contribution in [3.05, 3.63) is 29.8 Å². The lowest BCUT2D eigenvalue weighted by atomic mass is 10.2. The summed E-state index contributed by atoms with van der Waals surface area (Å²) in [5, 5.41) is 11.3. The number of anilines is 1. The van der Waals surface area contributed by atoms with E-state index in [9.17, 15) is 19.2 Å². The first kappa shape index (κ1) is 16.6. The van der Waals surface area contributed by atoms with Crippen LogP contribution in [-0.2, 0) is 14.4 Å². The molecule has 1 saturated carbocycles. The highest BCUT2D eigenvalue weighted by Gasteiger charge is 2.48. The van der Waals surface area contributed by atoms with Gasteiger partial charge in [0.25, 0.3) is 0 Å². The first-order valence-corrected chi connectivity index (χ1v) is 8.00. The standard InChI is InChI=1S/C17H16N4O4/c18-9-11-5-7-12(8-6-11)19-14(22)10-20-15(23)16(24)21(17(20)25)13-3-1-2-4-13/h5-8,13H,1-4,10H2,(H,19,22). The van der Waals surface area contributed by atoms with Gasteiger partial charge in [-0.2, -0.15) is 5.26 Å². The second-order valence-electron chi connectivity index (χ2n) is 6.02. The van der Waals surface area contributed by atoms with E-state index >= 15 is 0 Å². The van der Waals surface area contributed by atoms with Crippen molar-refractivity contribution in [1.29, 1.82) is 5.26 Å². The lowest BCUT2D eigenvalue weighted by molar-refractivity contribution is -0.144. The Hall–Kier alpha value is -3.21. The summed E-state index contributed by atoms with van der Waals surface area (Å²) in [6.07, 6.45) is 3.20. The molecule has 1 aliphatic carbocycles. The van der Waals surface area contributed by atoms with Gasteiger partial charge in [0, 0.05) is 11.7 Å². The number of amides is 5. The fourth-order valence-corrected chi connectivity index (χ4v) is 3.12. The van der Waals surface area contributed by atoms with E-state index in [2.05, 4.69) is 5.32 Å². The number of rotatable bonds is 4. The molecule has 0 spiro atoms. The van der Waals surface area contributed by atoms with Gasteiger partial charge >= 0.3 is 17.8 Å². The molecule has 1 aliphatic heterocycles. The molecular formula is C17H16N4O4. The van der Waals surface area contributed by atoms with E-state index in [1.165, 1.54) is 12.1 Å². The van der Waals surface area contributed by atoms with Crippen LogP contribution in [0.4, 0.5) is 10.5 Å². The molecule has 5 amide bonds. The second-order valence-corrected chi connectivity index (χ2v) is 6.02. The maximum absolute atomic E-state index is 12.4. The number of nitriles is 1. The van der Waals surface area contributed by atoms with Crippen molar-refractivity contribution in [1.82, 2.24) is 9.80 Å². The molecule has 0 atom stereocenters. The maximum atomic E-state index is 12.4. The Balaban J connectivity index is 1.66. The molecule has 1 heterocycles. The van der Waals surface area contributed by atoms with Gasteiger partial charge in [0.1, 0.15) is 6.54 Å². The predicted molar refractivity (Wildman–Crippen MR) is 86.0 cm³/mol. The first-order chi connectivity index (χ1) is 12.0. The molecule has 128 valence electrons. The van der Waals surface area contributed by atoms with Crippen LogP contribution in [-0.4, -0.2) is 46.1 Å².